The summed E-state index contributed by atoms with van der Waals surface area (Å²) >= 11 is 0. The molecule has 0 saturated carbocycles. The number of rotatable bonds is 2. The topological polar surface area (TPSA) is 65.8 Å². The minimum atomic E-state index is -0.347. The molecule has 0 atom stereocenters. The zero-order valence-electron chi connectivity index (χ0n) is 13.9. The lowest BCUT2D eigenvalue weighted by molar-refractivity contribution is 0.337. The molecule has 116 valence electrons. The second kappa shape index (κ2) is 4.86. The molecule has 6 nitrogen and oxygen atoms in total. The van der Waals surface area contributed by atoms with E-state index in [0.29, 0.717) is 18.3 Å². The van der Waals surface area contributed by atoms with E-state index >= 15 is 0 Å². The maximum atomic E-state index is 12.4. The number of aryl methyl sites for hydroxylation is 1. The molecule has 0 amide bonds. The third-order valence-electron chi connectivity index (χ3n) is 3.27. The number of aromatic nitrogens is 4. The molecule has 2 heterocycles. The van der Waals surface area contributed by atoms with Gasteiger partial charge in [0.05, 0.1) is 11.7 Å². The molecule has 0 aliphatic carbocycles. The van der Waals surface area contributed by atoms with Gasteiger partial charge in [-0.3, -0.25) is 4.57 Å². The van der Waals surface area contributed by atoms with Crippen LogP contribution in [0.5, 0.6) is 0 Å². The van der Waals surface area contributed by atoms with Crippen LogP contribution in [0.25, 0.3) is 0 Å². The Labute approximate surface area is 124 Å². The van der Waals surface area contributed by atoms with E-state index in [-0.39, 0.29) is 16.6 Å². The van der Waals surface area contributed by atoms with Crippen molar-refractivity contribution in [1.82, 2.24) is 19.3 Å². The van der Waals surface area contributed by atoms with Crippen LogP contribution in [-0.4, -0.2) is 19.3 Å². The molecule has 0 aliphatic heterocycles. The van der Waals surface area contributed by atoms with Gasteiger partial charge in [-0.1, -0.05) is 20.8 Å². The fourth-order valence-electron chi connectivity index (χ4n) is 1.98. The van der Waals surface area contributed by atoms with Gasteiger partial charge in [-0.25, -0.2) is 14.5 Å². The lowest BCUT2D eigenvalue weighted by atomic mass is 9.94. The maximum absolute atomic E-state index is 12.4. The molecular weight excluding hydrogens is 268 g/mol. The van der Waals surface area contributed by atoms with Crippen molar-refractivity contribution in [2.45, 2.75) is 66.0 Å². The number of hydrogen-bond donors (Lipinski definition) is 0. The van der Waals surface area contributed by atoms with Gasteiger partial charge in [0.15, 0.2) is 0 Å². The minimum Gasteiger partial charge on any atom is -0.443 e. The predicted molar refractivity (Wildman–Crippen MR) is 80.5 cm³/mol. The highest BCUT2D eigenvalue weighted by atomic mass is 16.4. The third kappa shape index (κ3) is 3.09. The molecular formula is C15H24N4O2. The number of oxazole rings is 1. The average Bonchev–Trinajstić information content (AvgIpc) is 2.87. The Morgan fingerprint density at radius 2 is 1.81 bits per heavy atom. The van der Waals surface area contributed by atoms with Gasteiger partial charge in [0.25, 0.3) is 0 Å². The van der Waals surface area contributed by atoms with Crippen LogP contribution < -0.4 is 5.69 Å². The summed E-state index contributed by atoms with van der Waals surface area (Å²) in [6, 6.07) is 0. The standard InChI is InChI=1S/C15H24N4O2/c1-10-17-19(15(5,6)7)13(20)18(10)9-12-16-8-11(21-12)14(2,3)4/h8H,9H2,1-7H3. The van der Waals surface area contributed by atoms with Crippen LogP contribution in [0.1, 0.15) is 59.0 Å². The van der Waals surface area contributed by atoms with E-state index in [4.69, 9.17) is 4.42 Å². The smallest absolute Gasteiger partial charge is 0.346 e. The SMILES string of the molecule is Cc1nn(C(C)(C)C)c(=O)n1Cc1ncc(C(C)(C)C)o1. The van der Waals surface area contributed by atoms with Crippen molar-refractivity contribution in [3.63, 3.8) is 0 Å². The van der Waals surface area contributed by atoms with Crippen LogP contribution in [-0.2, 0) is 17.5 Å². The van der Waals surface area contributed by atoms with Crippen LogP contribution in [0.15, 0.2) is 15.4 Å². The summed E-state index contributed by atoms with van der Waals surface area (Å²) in [6.45, 7) is 14.2. The normalized spacial score (nSPS) is 12.9. The Balaban J connectivity index is 2.35. The van der Waals surface area contributed by atoms with Crippen molar-refractivity contribution in [3.8, 4) is 0 Å². The molecule has 6 heteroatoms. The molecule has 0 bridgehead atoms. The van der Waals surface area contributed by atoms with Gasteiger partial charge in [-0.2, -0.15) is 5.10 Å². The first-order chi connectivity index (χ1) is 9.50. The number of nitrogens with zero attached hydrogens (tertiary/aromatic N) is 4. The first-order valence-corrected chi connectivity index (χ1v) is 7.12. The van der Waals surface area contributed by atoms with Gasteiger partial charge < -0.3 is 4.42 Å². The molecule has 2 aromatic rings. The highest BCUT2D eigenvalue weighted by Crippen LogP contribution is 2.22. The monoisotopic (exact) mass is 292 g/mol. The molecule has 0 unspecified atom stereocenters. The summed E-state index contributed by atoms with van der Waals surface area (Å²) in [7, 11) is 0. The fraction of sp³-hybridized carbons (Fsp3) is 0.667. The molecule has 0 N–H and O–H groups in total. The quantitative estimate of drug-likeness (QED) is 0.852. The summed E-state index contributed by atoms with van der Waals surface area (Å²) in [5, 5.41) is 4.33. The van der Waals surface area contributed by atoms with Gasteiger partial charge in [-0.05, 0) is 27.7 Å². The Bertz CT molecular complexity index is 693. The molecule has 21 heavy (non-hydrogen) atoms. The summed E-state index contributed by atoms with van der Waals surface area (Å²) in [5.41, 5.74) is -0.586. The van der Waals surface area contributed by atoms with Gasteiger partial charge in [0.1, 0.15) is 18.1 Å². The molecule has 0 aromatic carbocycles. The van der Waals surface area contributed by atoms with E-state index in [1.165, 1.54) is 4.68 Å². The lowest BCUT2D eigenvalue weighted by Gasteiger charge is -2.16. The van der Waals surface area contributed by atoms with E-state index in [2.05, 4.69) is 30.9 Å². The van der Waals surface area contributed by atoms with E-state index in [1.807, 2.05) is 27.7 Å². The van der Waals surface area contributed by atoms with Crippen molar-refractivity contribution >= 4 is 0 Å². The molecule has 0 fully saturated rings. The van der Waals surface area contributed by atoms with Gasteiger partial charge in [0.2, 0.25) is 5.89 Å². The molecule has 0 radical (unpaired) electrons. The summed E-state index contributed by atoms with van der Waals surface area (Å²) < 4.78 is 8.83. The van der Waals surface area contributed by atoms with Crippen molar-refractivity contribution in [2.75, 3.05) is 0 Å². The molecule has 0 spiro atoms. The van der Waals surface area contributed by atoms with E-state index in [0.717, 1.165) is 5.76 Å². The highest BCUT2D eigenvalue weighted by Gasteiger charge is 2.23. The minimum absolute atomic E-state index is 0.0964. The van der Waals surface area contributed by atoms with E-state index < -0.39 is 0 Å². The summed E-state index contributed by atoms with van der Waals surface area (Å²) in [5.74, 6) is 2.00. The average molecular weight is 292 g/mol. The van der Waals surface area contributed by atoms with Gasteiger partial charge in [0, 0.05) is 5.41 Å². The van der Waals surface area contributed by atoms with Crippen molar-refractivity contribution < 1.29 is 4.42 Å². The molecule has 2 aromatic heterocycles. The third-order valence-corrected chi connectivity index (χ3v) is 3.27. The van der Waals surface area contributed by atoms with Gasteiger partial charge in [-0.15, -0.1) is 0 Å². The van der Waals surface area contributed by atoms with Gasteiger partial charge >= 0.3 is 5.69 Å². The van der Waals surface area contributed by atoms with E-state index in [9.17, 15) is 4.79 Å². The first kappa shape index (κ1) is 15.5. The highest BCUT2D eigenvalue weighted by molar-refractivity contribution is 5.06. The van der Waals surface area contributed by atoms with Crippen molar-refractivity contribution in [3.05, 3.63) is 34.2 Å². The zero-order valence-corrected chi connectivity index (χ0v) is 13.9. The maximum Gasteiger partial charge on any atom is 0.346 e. The molecule has 0 saturated heterocycles. The summed E-state index contributed by atoms with van der Waals surface area (Å²) in [4.78, 5) is 16.7. The predicted octanol–water partition coefficient (Wildman–Crippen LogP) is 2.44. The van der Waals surface area contributed by atoms with Crippen LogP contribution >= 0.6 is 0 Å². The fourth-order valence-corrected chi connectivity index (χ4v) is 1.98. The Hall–Kier alpha value is -1.85. The second-order valence-corrected chi connectivity index (χ2v) is 7.37. The van der Waals surface area contributed by atoms with Crippen LogP contribution in [0.3, 0.4) is 0 Å². The van der Waals surface area contributed by atoms with Crippen LogP contribution in [0.2, 0.25) is 0 Å². The Morgan fingerprint density at radius 3 is 2.24 bits per heavy atom. The largest absolute Gasteiger partial charge is 0.443 e. The first-order valence-electron chi connectivity index (χ1n) is 7.12. The Morgan fingerprint density at radius 1 is 1.19 bits per heavy atom. The van der Waals surface area contributed by atoms with Crippen molar-refractivity contribution in [1.29, 1.82) is 0 Å². The number of hydrogen-bond acceptors (Lipinski definition) is 4. The van der Waals surface area contributed by atoms with Crippen LogP contribution in [0, 0.1) is 6.92 Å². The lowest BCUT2D eigenvalue weighted by Crippen LogP contribution is -2.36. The zero-order chi connectivity index (χ0) is 16.0. The van der Waals surface area contributed by atoms with E-state index in [1.54, 1.807) is 10.8 Å². The van der Waals surface area contributed by atoms with Crippen LogP contribution in [0.4, 0.5) is 0 Å². The summed E-state index contributed by atoms with van der Waals surface area (Å²) in [6.07, 6.45) is 1.73. The molecule has 2 rings (SSSR count). The Kier molecular flexibility index (Phi) is 3.59. The van der Waals surface area contributed by atoms with Crippen molar-refractivity contribution in [2.24, 2.45) is 0 Å². The second-order valence-electron chi connectivity index (χ2n) is 7.37. The molecule has 0 aliphatic rings.